The highest BCUT2D eigenvalue weighted by molar-refractivity contribution is 14.1. The summed E-state index contributed by atoms with van der Waals surface area (Å²) < 4.78 is 1.03. The van der Waals surface area contributed by atoms with Crippen LogP contribution in [0.25, 0.3) is 0 Å². The first-order valence-electron chi connectivity index (χ1n) is 6.33. The average molecular weight is 358 g/mol. The van der Waals surface area contributed by atoms with Gasteiger partial charge in [0.15, 0.2) is 0 Å². The highest BCUT2D eigenvalue weighted by atomic mass is 127. The molecule has 0 atom stereocenters. The van der Waals surface area contributed by atoms with Crippen LogP contribution in [0.4, 0.5) is 0 Å². The molecule has 1 aromatic carbocycles. The number of benzene rings is 1. The molecule has 1 heterocycles. The Balaban J connectivity index is 2.16. The summed E-state index contributed by atoms with van der Waals surface area (Å²) in [6, 6.07) is 6.42. The molecule has 1 aliphatic heterocycles. The lowest BCUT2D eigenvalue weighted by Crippen LogP contribution is -2.44. The topological polar surface area (TPSA) is 32.3 Å². The fraction of sp³-hybridized carbons (Fsp3) is 0.500. The average Bonchev–Trinajstić information content (AvgIpc) is 2.41. The van der Waals surface area contributed by atoms with Gasteiger partial charge in [-0.1, -0.05) is 11.6 Å². The number of nitrogens with zero attached hydrogens (tertiary/aromatic N) is 1. The van der Waals surface area contributed by atoms with E-state index < -0.39 is 0 Å². The minimum atomic E-state index is 0.148. The van der Waals surface area contributed by atoms with Gasteiger partial charge in [0.25, 0.3) is 5.91 Å². The number of hydrogen-bond acceptors (Lipinski definition) is 2. The molecule has 0 radical (unpaired) electrons. The summed E-state index contributed by atoms with van der Waals surface area (Å²) >= 11 is 2.24. The maximum absolute atomic E-state index is 12.5. The van der Waals surface area contributed by atoms with E-state index in [9.17, 15) is 4.79 Å². The number of carbonyl (C=O) groups is 1. The van der Waals surface area contributed by atoms with Crippen molar-refractivity contribution < 1.29 is 4.79 Å². The second kappa shape index (κ2) is 6.02. The Morgan fingerprint density at radius 2 is 2.06 bits per heavy atom. The molecule has 1 amide bonds. The van der Waals surface area contributed by atoms with Gasteiger partial charge in [-0.3, -0.25) is 4.79 Å². The molecule has 0 saturated carbocycles. The third-order valence-corrected chi connectivity index (χ3v) is 4.47. The molecule has 0 aromatic heterocycles. The Morgan fingerprint density at radius 1 is 1.39 bits per heavy atom. The van der Waals surface area contributed by atoms with Crippen molar-refractivity contribution in [2.45, 2.75) is 25.8 Å². The fourth-order valence-corrected chi connectivity index (χ4v) is 2.92. The monoisotopic (exact) mass is 358 g/mol. The Bertz CT molecular complexity index is 441. The summed E-state index contributed by atoms with van der Waals surface area (Å²) in [6.07, 6.45) is 2.09. The Kier molecular flexibility index (Phi) is 4.61. The molecule has 1 fully saturated rings. The smallest absolute Gasteiger partial charge is 0.254 e. The summed E-state index contributed by atoms with van der Waals surface area (Å²) in [5.41, 5.74) is 1.97. The number of hydrogen-bond donors (Lipinski definition) is 1. The van der Waals surface area contributed by atoms with Crippen LogP contribution < -0.4 is 5.32 Å². The van der Waals surface area contributed by atoms with Gasteiger partial charge in [-0.2, -0.15) is 0 Å². The molecule has 4 heteroatoms. The number of aryl methyl sites for hydroxylation is 1. The lowest BCUT2D eigenvalue weighted by Gasteiger charge is -2.32. The Labute approximate surface area is 122 Å². The molecule has 0 unspecified atom stereocenters. The van der Waals surface area contributed by atoms with Crippen LogP contribution in [0.3, 0.4) is 0 Å². The van der Waals surface area contributed by atoms with E-state index in [-0.39, 0.29) is 5.91 Å². The van der Waals surface area contributed by atoms with Crippen molar-refractivity contribution in [1.82, 2.24) is 10.2 Å². The second-order valence-corrected chi connectivity index (χ2v) is 6.04. The van der Waals surface area contributed by atoms with Crippen molar-refractivity contribution in [3.05, 3.63) is 32.9 Å². The molecule has 2 rings (SSSR count). The summed E-state index contributed by atoms with van der Waals surface area (Å²) in [5.74, 6) is 0.148. The lowest BCUT2D eigenvalue weighted by molar-refractivity contribution is 0.0702. The minimum absolute atomic E-state index is 0.148. The van der Waals surface area contributed by atoms with Gasteiger partial charge in [-0.05, 0) is 67.6 Å². The van der Waals surface area contributed by atoms with E-state index in [1.54, 1.807) is 0 Å². The van der Waals surface area contributed by atoms with Gasteiger partial charge in [0.05, 0.1) is 5.56 Å². The molecular formula is C14H19IN2O. The normalized spacial score (nSPS) is 16.6. The van der Waals surface area contributed by atoms with Crippen LogP contribution in [0.2, 0.25) is 0 Å². The van der Waals surface area contributed by atoms with Gasteiger partial charge in [0.2, 0.25) is 0 Å². The molecule has 1 saturated heterocycles. The van der Waals surface area contributed by atoms with Gasteiger partial charge in [-0.15, -0.1) is 0 Å². The summed E-state index contributed by atoms with van der Waals surface area (Å²) in [7, 11) is 1.93. The Morgan fingerprint density at radius 3 is 2.72 bits per heavy atom. The number of amides is 1. The van der Waals surface area contributed by atoms with Crippen LogP contribution in [0.15, 0.2) is 18.2 Å². The summed E-state index contributed by atoms with van der Waals surface area (Å²) in [5, 5.41) is 3.33. The van der Waals surface area contributed by atoms with Crippen LogP contribution in [-0.4, -0.2) is 37.0 Å². The number of nitrogens with one attached hydrogen (secondary N) is 1. The first kappa shape index (κ1) is 13.8. The highest BCUT2D eigenvalue weighted by Gasteiger charge is 2.23. The number of carbonyl (C=O) groups excluding carboxylic acids is 1. The van der Waals surface area contributed by atoms with E-state index in [2.05, 4.69) is 27.9 Å². The van der Waals surface area contributed by atoms with Crippen LogP contribution in [0.1, 0.15) is 28.8 Å². The molecule has 18 heavy (non-hydrogen) atoms. The highest BCUT2D eigenvalue weighted by Crippen LogP contribution is 2.19. The zero-order valence-electron chi connectivity index (χ0n) is 10.9. The standard InChI is InChI=1S/C14H19IN2O/c1-10-3-4-13(15)12(9-10)14(18)17(2)11-5-7-16-8-6-11/h3-4,9,11,16H,5-8H2,1-2H3. The van der Waals surface area contributed by atoms with E-state index in [1.165, 1.54) is 0 Å². The van der Waals surface area contributed by atoms with Crippen LogP contribution >= 0.6 is 22.6 Å². The SMILES string of the molecule is Cc1ccc(I)c(C(=O)N(C)C2CCNCC2)c1. The van der Waals surface area contributed by atoms with Gasteiger partial charge >= 0.3 is 0 Å². The Hall–Kier alpha value is -0.620. The largest absolute Gasteiger partial charge is 0.339 e. The molecular weight excluding hydrogens is 339 g/mol. The van der Waals surface area contributed by atoms with Gasteiger partial charge in [-0.25, -0.2) is 0 Å². The summed E-state index contributed by atoms with van der Waals surface area (Å²) in [6.45, 7) is 4.04. The van der Waals surface area contributed by atoms with Crippen LogP contribution in [-0.2, 0) is 0 Å². The third kappa shape index (κ3) is 3.03. The first-order valence-corrected chi connectivity index (χ1v) is 7.41. The van der Waals surface area contributed by atoms with Gasteiger partial charge in [0, 0.05) is 16.7 Å². The van der Waals surface area contributed by atoms with Crippen LogP contribution in [0.5, 0.6) is 0 Å². The second-order valence-electron chi connectivity index (χ2n) is 4.88. The maximum atomic E-state index is 12.5. The van der Waals surface area contributed by atoms with Crippen molar-refractivity contribution >= 4 is 28.5 Å². The molecule has 1 aromatic rings. The molecule has 0 spiro atoms. The maximum Gasteiger partial charge on any atom is 0.254 e. The molecule has 0 bridgehead atoms. The van der Waals surface area contributed by atoms with Gasteiger partial charge in [0.1, 0.15) is 0 Å². The van der Waals surface area contributed by atoms with E-state index in [4.69, 9.17) is 0 Å². The molecule has 1 N–H and O–H groups in total. The van der Waals surface area contributed by atoms with Gasteiger partial charge < -0.3 is 10.2 Å². The number of rotatable bonds is 2. The first-order chi connectivity index (χ1) is 8.59. The van der Waals surface area contributed by atoms with Crippen LogP contribution in [0, 0.1) is 10.5 Å². The lowest BCUT2D eigenvalue weighted by atomic mass is 10.0. The van der Waals surface area contributed by atoms with Crippen molar-refractivity contribution in [2.75, 3.05) is 20.1 Å². The van der Waals surface area contributed by atoms with E-state index in [1.807, 2.05) is 37.1 Å². The van der Waals surface area contributed by atoms with E-state index in [0.29, 0.717) is 6.04 Å². The summed E-state index contributed by atoms with van der Waals surface area (Å²) in [4.78, 5) is 14.4. The zero-order chi connectivity index (χ0) is 13.1. The minimum Gasteiger partial charge on any atom is -0.339 e. The molecule has 1 aliphatic rings. The van der Waals surface area contributed by atoms with Crippen molar-refractivity contribution in [1.29, 1.82) is 0 Å². The van der Waals surface area contributed by atoms with Crippen molar-refractivity contribution in [3.8, 4) is 0 Å². The number of piperidine rings is 1. The van der Waals surface area contributed by atoms with Crippen molar-refractivity contribution in [3.63, 3.8) is 0 Å². The van der Waals surface area contributed by atoms with Crippen molar-refractivity contribution in [2.24, 2.45) is 0 Å². The van der Waals surface area contributed by atoms with E-state index >= 15 is 0 Å². The molecule has 3 nitrogen and oxygen atoms in total. The predicted molar refractivity (Wildman–Crippen MR) is 81.9 cm³/mol. The number of halogens is 1. The van der Waals surface area contributed by atoms with E-state index in [0.717, 1.165) is 40.6 Å². The quantitative estimate of drug-likeness (QED) is 0.824. The fourth-order valence-electron chi connectivity index (χ4n) is 2.35. The predicted octanol–water partition coefficient (Wildman–Crippen LogP) is 2.42. The third-order valence-electron chi connectivity index (χ3n) is 3.53. The molecule has 0 aliphatic carbocycles. The zero-order valence-corrected chi connectivity index (χ0v) is 13.0. The molecule has 98 valence electrons.